The van der Waals surface area contributed by atoms with Crippen molar-refractivity contribution in [2.45, 2.75) is 27.2 Å². The van der Waals surface area contributed by atoms with Crippen molar-refractivity contribution in [1.29, 1.82) is 0 Å². The van der Waals surface area contributed by atoms with Gasteiger partial charge >= 0.3 is 0 Å². The van der Waals surface area contributed by atoms with E-state index in [-0.39, 0.29) is 0 Å². The van der Waals surface area contributed by atoms with Gasteiger partial charge in [-0.3, -0.25) is 0 Å². The largest absolute Gasteiger partial charge is 0.493 e. The quantitative estimate of drug-likeness (QED) is 0.736. The van der Waals surface area contributed by atoms with Crippen LogP contribution >= 0.6 is 0 Å². The van der Waals surface area contributed by atoms with E-state index < -0.39 is 0 Å². The average Bonchev–Trinajstić information content (AvgIpc) is 2.17. The molecule has 1 rings (SSSR count). The van der Waals surface area contributed by atoms with Crippen molar-refractivity contribution in [1.82, 2.24) is 0 Å². The topological polar surface area (TPSA) is 18.5 Å². The van der Waals surface area contributed by atoms with E-state index in [1.165, 1.54) is 16.7 Å². The van der Waals surface area contributed by atoms with E-state index in [0.717, 1.165) is 17.9 Å². The van der Waals surface area contributed by atoms with Crippen LogP contribution in [0.5, 0.6) is 11.5 Å². The van der Waals surface area contributed by atoms with Crippen molar-refractivity contribution in [3.05, 3.63) is 22.8 Å². The molecule has 2 heteroatoms. The molecular weight excluding hydrogens is 176 g/mol. The molecule has 0 saturated heterocycles. The number of hydrogen-bond donors (Lipinski definition) is 0. The Morgan fingerprint density at radius 2 is 1.79 bits per heavy atom. The summed E-state index contributed by atoms with van der Waals surface area (Å²) in [4.78, 5) is 0. The standard InChI is InChI=1S/C12H18O2/c1-6-10-8(2)7-11(13-4)12(14-5)9(10)3/h7H,6H2,1-5H3. The van der Waals surface area contributed by atoms with Gasteiger partial charge in [-0.15, -0.1) is 0 Å². The van der Waals surface area contributed by atoms with Crippen LogP contribution in [0.15, 0.2) is 6.07 Å². The van der Waals surface area contributed by atoms with Crippen molar-refractivity contribution < 1.29 is 9.47 Å². The Morgan fingerprint density at radius 1 is 1.14 bits per heavy atom. The fourth-order valence-corrected chi connectivity index (χ4v) is 1.92. The predicted octanol–water partition coefficient (Wildman–Crippen LogP) is 2.88. The molecule has 0 aliphatic carbocycles. The van der Waals surface area contributed by atoms with Gasteiger partial charge in [-0.05, 0) is 43.0 Å². The Balaban J connectivity index is 3.39. The second-order valence-corrected chi connectivity index (χ2v) is 3.39. The van der Waals surface area contributed by atoms with Crippen molar-refractivity contribution in [3.63, 3.8) is 0 Å². The summed E-state index contributed by atoms with van der Waals surface area (Å²) in [5.41, 5.74) is 3.80. The van der Waals surface area contributed by atoms with Crippen LogP contribution in [0.4, 0.5) is 0 Å². The highest BCUT2D eigenvalue weighted by molar-refractivity contribution is 5.53. The number of benzene rings is 1. The average molecular weight is 194 g/mol. The summed E-state index contributed by atoms with van der Waals surface area (Å²) in [6.45, 7) is 6.34. The molecule has 78 valence electrons. The third-order valence-corrected chi connectivity index (χ3v) is 2.62. The van der Waals surface area contributed by atoms with Gasteiger partial charge in [-0.2, -0.15) is 0 Å². The number of methoxy groups -OCH3 is 2. The van der Waals surface area contributed by atoms with E-state index in [0.29, 0.717) is 0 Å². The molecular formula is C12H18O2. The maximum atomic E-state index is 5.34. The molecule has 0 amide bonds. The normalized spacial score (nSPS) is 10.1. The molecule has 1 aromatic carbocycles. The van der Waals surface area contributed by atoms with Gasteiger partial charge in [0.2, 0.25) is 0 Å². The SMILES string of the molecule is CCc1c(C)cc(OC)c(OC)c1C. The lowest BCUT2D eigenvalue weighted by Crippen LogP contribution is -1.99. The minimum Gasteiger partial charge on any atom is -0.493 e. The minimum atomic E-state index is 0.819. The molecule has 0 aliphatic heterocycles. The lowest BCUT2D eigenvalue weighted by molar-refractivity contribution is 0.352. The first-order valence-corrected chi connectivity index (χ1v) is 4.86. The third-order valence-electron chi connectivity index (χ3n) is 2.62. The van der Waals surface area contributed by atoms with Crippen LogP contribution in [-0.2, 0) is 6.42 Å². The van der Waals surface area contributed by atoms with Crippen LogP contribution < -0.4 is 9.47 Å². The van der Waals surface area contributed by atoms with Gasteiger partial charge in [0.25, 0.3) is 0 Å². The molecule has 0 fully saturated rings. The molecule has 0 atom stereocenters. The van der Waals surface area contributed by atoms with E-state index in [4.69, 9.17) is 9.47 Å². The van der Waals surface area contributed by atoms with E-state index in [2.05, 4.69) is 20.8 Å². The van der Waals surface area contributed by atoms with Gasteiger partial charge < -0.3 is 9.47 Å². The van der Waals surface area contributed by atoms with E-state index in [1.807, 2.05) is 6.07 Å². The van der Waals surface area contributed by atoms with Gasteiger partial charge in [-0.1, -0.05) is 6.92 Å². The smallest absolute Gasteiger partial charge is 0.163 e. The van der Waals surface area contributed by atoms with Gasteiger partial charge in [0.15, 0.2) is 11.5 Å². The van der Waals surface area contributed by atoms with Gasteiger partial charge in [0, 0.05) is 0 Å². The zero-order valence-corrected chi connectivity index (χ0v) is 9.60. The zero-order chi connectivity index (χ0) is 10.7. The predicted molar refractivity (Wildman–Crippen MR) is 58.4 cm³/mol. The van der Waals surface area contributed by atoms with Crippen LogP contribution in [0, 0.1) is 13.8 Å². The second-order valence-electron chi connectivity index (χ2n) is 3.39. The Labute approximate surface area is 85.8 Å². The van der Waals surface area contributed by atoms with Crippen LogP contribution in [0.25, 0.3) is 0 Å². The molecule has 2 nitrogen and oxygen atoms in total. The molecule has 14 heavy (non-hydrogen) atoms. The van der Waals surface area contributed by atoms with Crippen molar-refractivity contribution in [3.8, 4) is 11.5 Å². The molecule has 1 aromatic rings. The Morgan fingerprint density at radius 3 is 2.21 bits per heavy atom. The highest BCUT2D eigenvalue weighted by Gasteiger charge is 2.12. The summed E-state index contributed by atoms with van der Waals surface area (Å²) < 4.78 is 10.6. The fourth-order valence-electron chi connectivity index (χ4n) is 1.92. The first-order chi connectivity index (χ1) is 6.65. The lowest BCUT2D eigenvalue weighted by atomic mass is 9.99. The first kappa shape index (κ1) is 10.9. The summed E-state index contributed by atoms with van der Waals surface area (Å²) in [5, 5.41) is 0. The van der Waals surface area contributed by atoms with Crippen LogP contribution in [0.3, 0.4) is 0 Å². The minimum absolute atomic E-state index is 0.819. The molecule has 0 heterocycles. The second kappa shape index (κ2) is 4.36. The molecule has 0 saturated carbocycles. The van der Waals surface area contributed by atoms with Crippen molar-refractivity contribution in [2.24, 2.45) is 0 Å². The lowest BCUT2D eigenvalue weighted by Gasteiger charge is -2.15. The van der Waals surface area contributed by atoms with Crippen LogP contribution in [0.1, 0.15) is 23.6 Å². The Kier molecular flexibility index (Phi) is 3.39. The molecule has 0 radical (unpaired) electrons. The van der Waals surface area contributed by atoms with Crippen LogP contribution in [-0.4, -0.2) is 14.2 Å². The summed E-state index contributed by atoms with van der Waals surface area (Å²) >= 11 is 0. The summed E-state index contributed by atoms with van der Waals surface area (Å²) in [6, 6.07) is 2.03. The summed E-state index contributed by atoms with van der Waals surface area (Å²) in [7, 11) is 3.35. The third kappa shape index (κ3) is 1.69. The molecule has 0 spiro atoms. The van der Waals surface area contributed by atoms with Crippen molar-refractivity contribution >= 4 is 0 Å². The van der Waals surface area contributed by atoms with E-state index in [1.54, 1.807) is 14.2 Å². The Hall–Kier alpha value is -1.18. The maximum absolute atomic E-state index is 5.34. The van der Waals surface area contributed by atoms with Gasteiger partial charge in [0.1, 0.15) is 0 Å². The molecule has 0 aromatic heterocycles. The summed E-state index contributed by atoms with van der Waals surface area (Å²) in [5.74, 6) is 1.68. The Bertz CT molecular complexity index is 330. The highest BCUT2D eigenvalue weighted by atomic mass is 16.5. The monoisotopic (exact) mass is 194 g/mol. The van der Waals surface area contributed by atoms with E-state index in [9.17, 15) is 0 Å². The van der Waals surface area contributed by atoms with E-state index >= 15 is 0 Å². The molecule has 0 unspecified atom stereocenters. The maximum Gasteiger partial charge on any atom is 0.163 e. The molecule has 0 aliphatic rings. The van der Waals surface area contributed by atoms with Gasteiger partial charge in [0.05, 0.1) is 14.2 Å². The van der Waals surface area contributed by atoms with Gasteiger partial charge in [-0.25, -0.2) is 0 Å². The zero-order valence-electron chi connectivity index (χ0n) is 9.60. The number of ether oxygens (including phenoxy) is 2. The number of rotatable bonds is 3. The number of hydrogen-bond acceptors (Lipinski definition) is 2. The first-order valence-electron chi connectivity index (χ1n) is 4.86. The highest BCUT2D eigenvalue weighted by Crippen LogP contribution is 2.35. The fraction of sp³-hybridized carbons (Fsp3) is 0.500. The summed E-state index contributed by atoms with van der Waals surface area (Å²) in [6.07, 6.45) is 1.03. The molecule has 0 bridgehead atoms. The van der Waals surface area contributed by atoms with Crippen LogP contribution in [0.2, 0.25) is 0 Å². The van der Waals surface area contributed by atoms with Crippen molar-refractivity contribution in [2.75, 3.05) is 14.2 Å². The number of aryl methyl sites for hydroxylation is 1. The molecule has 0 N–H and O–H groups in total.